The molecule has 0 aromatic carbocycles. The molecule has 2 N–H and O–H groups in total. The minimum atomic E-state index is -0.330. The van der Waals surface area contributed by atoms with E-state index in [0.717, 1.165) is 19.7 Å². The molecule has 2 aliphatic rings. The maximum absolute atomic E-state index is 11.3. The number of hydrogen-bond donors (Lipinski definition) is 2. The quantitative estimate of drug-likeness (QED) is 0.855. The number of morpholine rings is 1. The van der Waals surface area contributed by atoms with Crippen molar-refractivity contribution in [2.24, 2.45) is 0 Å². The fourth-order valence-corrected chi connectivity index (χ4v) is 2.90. The van der Waals surface area contributed by atoms with Crippen LogP contribution in [0.1, 0.15) is 12.8 Å². The summed E-state index contributed by atoms with van der Waals surface area (Å²) >= 11 is 5.88. The fraction of sp³-hybridized carbons (Fsp3) is 0.667. The number of anilines is 1. The smallest absolute Gasteiger partial charge is 0.271 e. The van der Waals surface area contributed by atoms with E-state index in [9.17, 15) is 4.79 Å². The zero-order valence-corrected chi connectivity index (χ0v) is 11.3. The molecule has 3 heterocycles. The molecular formula is C12H17ClN4O2. The van der Waals surface area contributed by atoms with Crippen molar-refractivity contribution in [2.75, 3.05) is 31.6 Å². The monoisotopic (exact) mass is 284 g/mol. The molecule has 2 saturated heterocycles. The van der Waals surface area contributed by atoms with Crippen LogP contribution in [-0.2, 0) is 4.74 Å². The highest BCUT2D eigenvalue weighted by atomic mass is 35.5. The van der Waals surface area contributed by atoms with E-state index in [2.05, 4.69) is 20.2 Å². The van der Waals surface area contributed by atoms with Gasteiger partial charge in [0.1, 0.15) is 5.02 Å². The van der Waals surface area contributed by atoms with Gasteiger partial charge in [0.2, 0.25) is 0 Å². The van der Waals surface area contributed by atoms with Gasteiger partial charge in [-0.1, -0.05) is 11.6 Å². The Kier molecular flexibility index (Phi) is 3.72. The highest BCUT2D eigenvalue weighted by Crippen LogP contribution is 2.23. The Morgan fingerprint density at radius 1 is 1.63 bits per heavy atom. The molecule has 0 saturated carbocycles. The Morgan fingerprint density at radius 3 is 3.42 bits per heavy atom. The molecule has 0 radical (unpaired) electrons. The van der Waals surface area contributed by atoms with Crippen LogP contribution in [0.5, 0.6) is 0 Å². The van der Waals surface area contributed by atoms with Crippen LogP contribution in [0, 0.1) is 0 Å². The van der Waals surface area contributed by atoms with Gasteiger partial charge < -0.3 is 15.0 Å². The first-order valence-electron chi connectivity index (χ1n) is 6.57. The SMILES string of the molecule is O=c1[nH]cnc(NCC2CN3CCCC3CO2)c1Cl. The van der Waals surface area contributed by atoms with Gasteiger partial charge in [0.15, 0.2) is 5.82 Å². The first-order chi connectivity index (χ1) is 9.24. The highest BCUT2D eigenvalue weighted by molar-refractivity contribution is 6.32. The lowest BCUT2D eigenvalue weighted by molar-refractivity contribution is -0.0416. The minimum absolute atomic E-state index is 0.0948. The van der Waals surface area contributed by atoms with E-state index in [1.165, 1.54) is 19.2 Å². The number of hydrogen-bond acceptors (Lipinski definition) is 5. The molecule has 2 unspecified atom stereocenters. The number of rotatable bonds is 3. The predicted molar refractivity (Wildman–Crippen MR) is 72.7 cm³/mol. The number of aromatic nitrogens is 2. The average Bonchev–Trinajstić information content (AvgIpc) is 2.88. The zero-order valence-electron chi connectivity index (χ0n) is 10.6. The molecule has 104 valence electrons. The van der Waals surface area contributed by atoms with Crippen LogP contribution in [-0.4, -0.2) is 53.3 Å². The standard InChI is InChI=1S/C12H17ClN4O2/c13-10-11(15-7-16-12(10)18)14-4-9-5-17-3-1-2-8(17)6-19-9/h7-9H,1-6H2,(H2,14,15,16,18). The molecule has 0 aliphatic carbocycles. The van der Waals surface area contributed by atoms with E-state index in [1.54, 1.807) is 0 Å². The summed E-state index contributed by atoms with van der Waals surface area (Å²) in [5.41, 5.74) is -0.330. The van der Waals surface area contributed by atoms with Crippen molar-refractivity contribution in [3.8, 4) is 0 Å². The molecule has 0 bridgehead atoms. The molecule has 1 aromatic heterocycles. The van der Waals surface area contributed by atoms with Gasteiger partial charge in [-0.05, 0) is 19.4 Å². The van der Waals surface area contributed by atoms with Gasteiger partial charge in [0.05, 0.1) is 19.0 Å². The van der Waals surface area contributed by atoms with Gasteiger partial charge in [-0.3, -0.25) is 9.69 Å². The summed E-state index contributed by atoms with van der Waals surface area (Å²) in [6, 6.07) is 0.595. The first-order valence-corrected chi connectivity index (χ1v) is 6.94. The maximum Gasteiger partial charge on any atom is 0.271 e. The fourth-order valence-electron chi connectivity index (χ4n) is 2.73. The van der Waals surface area contributed by atoms with Gasteiger partial charge in [-0.15, -0.1) is 0 Å². The number of H-pyrrole nitrogens is 1. The Morgan fingerprint density at radius 2 is 2.53 bits per heavy atom. The van der Waals surface area contributed by atoms with E-state index < -0.39 is 0 Å². The second kappa shape index (κ2) is 5.48. The van der Waals surface area contributed by atoms with Crippen LogP contribution in [0.15, 0.2) is 11.1 Å². The van der Waals surface area contributed by atoms with E-state index in [1.807, 2.05) is 0 Å². The summed E-state index contributed by atoms with van der Waals surface area (Å²) in [5.74, 6) is 0.414. The topological polar surface area (TPSA) is 70.2 Å². The number of fused-ring (bicyclic) bond motifs is 1. The third-order valence-electron chi connectivity index (χ3n) is 3.76. The lowest BCUT2D eigenvalue weighted by atomic mass is 10.2. The van der Waals surface area contributed by atoms with Gasteiger partial charge in [0.25, 0.3) is 5.56 Å². The Labute approximate surface area is 116 Å². The van der Waals surface area contributed by atoms with Gasteiger partial charge in [-0.25, -0.2) is 4.98 Å². The highest BCUT2D eigenvalue weighted by Gasteiger charge is 2.32. The van der Waals surface area contributed by atoms with Crippen LogP contribution in [0.4, 0.5) is 5.82 Å². The summed E-state index contributed by atoms with van der Waals surface area (Å²) in [6.45, 7) is 3.50. The molecular weight excluding hydrogens is 268 g/mol. The molecule has 3 rings (SSSR count). The summed E-state index contributed by atoms with van der Waals surface area (Å²) in [7, 11) is 0. The molecule has 0 spiro atoms. The van der Waals surface area contributed by atoms with Crippen LogP contribution in [0.25, 0.3) is 0 Å². The molecule has 19 heavy (non-hydrogen) atoms. The summed E-state index contributed by atoms with van der Waals surface area (Å²) in [5, 5.41) is 3.18. The lowest BCUT2D eigenvalue weighted by Gasteiger charge is -2.35. The molecule has 2 atom stereocenters. The maximum atomic E-state index is 11.3. The lowest BCUT2D eigenvalue weighted by Crippen LogP contribution is -2.48. The van der Waals surface area contributed by atoms with E-state index in [-0.39, 0.29) is 16.7 Å². The minimum Gasteiger partial charge on any atom is -0.373 e. The summed E-state index contributed by atoms with van der Waals surface area (Å²) in [6.07, 6.45) is 3.96. The Balaban J connectivity index is 1.57. The summed E-state index contributed by atoms with van der Waals surface area (Å²) in [4.78, 5) is 20.3. The van der Waals surface area contributed by atoms with Crippen molar-refractivity contribution < 1.29 is 4.74 Å². The van der Waals surface area contributed by atoms with E-state index in [4.69, 9.17) is 16.3 Å². The molecule has 0 amide bonds. The molecule has 2 fully saturated rings. The molecule has 7 heteroatoms. The Hall–Kier alpha value is -1.11. The number of halogens is 1. The van der Waals surface area contributed by atoms with E-state index >= 15 is 0 Å². The van der Waals surface area contributed by atoms with Crippen LogP contribution >= 0.6 is 11.6 Å². The van der Waals surface area contributed by atoms with Crippen molar-refractivity contribution in [3.05, 3.63) is 21.7 Å². The molecule has 6 nitrogen and oxygen atoms in total. The number of aromatic amines is 1. The zero-order chi connectivity index (χ0) is 13.2. The number of nitrogens with zero attached hydrogens (tertiary/aromatic N) is 2. The largest absolute Gasteiger partial charge is 0.373 e. The van der Waals surface area contributed by atoms with Crippen LogP contribution in [0.3, 0.4) is 0 Å². The van der Waals surface area contributed by atoms with Crippen LogP contribution in [0.2, 0.25) is 5.02 Å². The predicted octanol–water partition coefficient (Wildman–Crippen LogP) is 0.698. The third kappa shape index (κ3) is 2.75. The molecule has 1 aromatic rings. The van der Waals surface area contributed by atoms with E-state index in [0.29, 0.717) is 18.4 Å². The van der Waals surface area contributed by atoms with Crippen molar-refractivity contribution in [1.82, 2.24) is 14.9 Å². The first kappa shape index (κ1) is 12.9. The third-order valence-corrected chi connectivity index (χ3v) is 4.11. The second-order valence-electron chi connectivity index (χ2n) is 5.02. The van der Waals surface area contributed by atoms with Crippen molar-refractivity contribution in [3.63, 3.8) is 0 Å². The normalized spacial score (nSPS) is 27.2. The molecule has 2 aliphatic heterocycles. The van der Waals surface area contributed by atoms with Crippen LogP contribution < -0.4 is 10.9 Å². The van der Waals surface area contributed by atoms with Crippen molar-refractivity contribution in [2.45, 2.75) is 25.0 Å². The Bertz CT molecular complexity index is 507. The van der Waals surface area contributed by atoms with Gasteiger partial charge in [-0.2, -0.15) is 0 Å². The van der Waals surface area contributed by atoms with Crippen molar-refractivity contribution >= 4 is 17.4 Å². The average molecular weight is 285 g/mol. The van der Waals surface area contributed by atoms with Gasteiger partial charge >= 0.3 is 0 Å². The number of nitrogens with one attached hydrogen (secondary N) is 2. The number of ether oxygens (including phenoxy) is 1. The second-order valence-corrected chi connectivity index (χ2v) is 5.40. The van der Waals surface area contributed by atoms with Crippen molar-refractivity contribution in [1.29, 1.82) is 0 Å². The van der Waals surface area contributed by atoms with Gasteiger partial charge in [0, 0.05) is 19.1 Å². The summed E-state index contributed by atoms with van der Waals surface area (Å²) < 4.78 is 5.82.